The van der Waals surface area contributed by atoms with E-state index in [0.29, 0.717) is 12.8 Å². The topological polar surface area (TPSA) is 26.0 Å². The highest BCUT2D eigenvalue weighted by molar-refractivity contribution is 9.10. The summed E-state index contributed by atoms with van der Waals surface area (Å²) in [5, 5.41) is 3.85. The molecule has 0 amide bonds. The molecule has 1 aromatic rings. The highest BCUT2D eigenvalue weighted by atomic mass is 79.9. The van der Waals surface area contributed by atoms with Gasteiger partial charge in [-0.3, -0.25) is 0 Å². The molecule has 96 valence electrons. The summed E-state index contributed by atoms with van der Waals surface area (Å²) in [5.41, 5.74) is 6.59. The summed E-state index contributed by atoms with van der Waals surface area (Å²) in [6, 6.07) is 0. The van der Waals surface area contributed by atoms with Crippen LogP contribution in [-0.2, 0) is 5.54 Å². The first-order valence-electron chi connectivity index (χ1n) is 5.41. The fraction of sp³-hybridized carbons (Fsp3) is 0.636. The lowest BCUT2D eigenvalue weighted by Gasteiger charge is -2.37. The van der Waals surface area contributed by atoms with E-state index in [1.807, 2.05) is 10.8 Å². The molecule has 17 heavy (non-hydrogen) atoms. The summed E-state index contributed by atoms with van der Waals surface area (Å²) in [4.78, 5) is 0. The van der Waals surface area contributed by atoms with E-state index in [9.17, 15) is 13.2 Å². The van der Waals surface area contributed by atoms with Crippen LogP contribution in [0.5, 0.6) is 0 Å². The van der Waals surface area contributed by atoms with Crippen molar-refractivity contribution < 1.29 is 13.2 Å². The Hall–Kier alpha value is -0.0700. The monoisotopic (exact) mass is 327 g/mol. The van der Waals surface area contributed by atoms with Crippen molar-refractivity contribution in [2.75, 3.05) is 0 Å². The lowest BCUT2D eigenvalue weighted by atomic mass is 9.74. The van der Waals surface area contributed by atoms with E-state index in [-0.39, 0.29) is 12.8 Å². The quantitative estimate of drug-likeness (QED) is 0.811. The number of rotatable bonds is 1. The molecule has 2 rings (SSSR count). The van der Waals surface area contributed by atoms with E-state index in [1.165, 1.54) is 11.3 Å². The van der Waals surface area contributed by atoms with Gasteiger partial charge >= 0.3 is 6.18 Å². The van der Waals surface area contributed by atoms with Gasteiger partial charge in [0.05, 0.1) is 5.92 Å². The zero-order chi connectivity index (χ0) is 12.7. The van der Waals surface area contributed by atoms with Crippen LogP contribution < -0.4 is 5.73 Å². The van der Waals surface area contributed by atoms with Crippen LogP contribution in [0.3, 0.4) is 0 Å². The van der Waals surface area contributed by atoms with Gasteiger partial charge in [0.1, 0.15) is 0 Å². The van der Waals surface area contributed by atoms with E-state index in [4.69, 9.17) is 5.73 Å². The van der Waals surface area contributed by atoms with Crippen LogP contribution in [0.2, 0.25) is 0 Å². The van der Waals surface area contributed by atoms with E-state index in [0.717, 1.165) is 10.0 Å². The van der Waals surface area contributed by atoms with Crippen LogP contribution >= 0.6 is 27.3 Å². The first kappa shape index (κ1) is 13.4. The van der Waals surface area contributed by atoms with Crippen LogP contribution in [-0.4, -0.2) is 6.18 Å². The van der Waals surface area contributed by atoms with Crippen molar-refractivity contribution in [1.29, 1.82) is 0 Å². The predicted octanol–water partition coefficient (Wildman–Crippen LogP) is 4.42. The van der Waals surface area contributed by atoms with Gasteiger partial charge in [0.2, 0.25) is 0 Å². The van der Waals surface area contributed by atoms with Gasteiger partial charge in [-0.2, -0.15) is 24.5 Å². The lowest BCUT2D eigenvalue weighted by Crippen LogP contribution is -2.42. The predicted molar refractivity (Wildman–Crippen MR) is 65.9 cm³/mol. The van der Waals surface area contributed by atoms with Gasteiger partial charge in [-0.25, -0.2) is 0 Å². The van der Waals surface area contributed by atoms with E-state index < -0.39 is 17.6 Å². The molecule has 1 aromatic heterocycles. The lowest BCUT2D eigenvalue weighted by molar-refractivity contribution is -0.184. The Kier molecular flexibility index (Phi) is 3.58. The SMILES string of the molecule is NC1(c2cscc2Br)CCC(C(F)(F)F)CC1. The Morgan fingerprint density at radius 2 is 1.88 bits per heavy atom. The molecule has 0 atom stereocenters. The van der Waals surface area contributed by atoms with Crippen LogP contribution in [0.1, 0.15) is 31.2 Å². The van der Waals surface area contributed by atoms with E-state index in [1.54, 1.807) is 0 Å². The Morgan fingerprint density at radius 3 is 2.29 bits per heavy atom. The van der Waals surface area contributed by atoms with Gasteiger partial charge < -0.3 is 5.73 Å². The number of hydrogen-bond donors (Lipinski definition) is 1. The van der Waals surface area contributed by atoms with Crippen molar-refractivity contribution in [3.05, 3.63) is 20.8 Å². The molecule has 0 radical (unpaired) electrons. The highest BCUT2D eigenvalue weighted by Crippen LogP contribution is 2.45. The Balaban J connectivity index is 2.11. The second-order valence-electron chi connectivity index (χ2n) is 4.61. The Labute approximate surface area is 110 Å². The molecule has 0 spiro atoms. The molecule has 6 heteroatoms. The van der Waals surface area contributed by atoms with Gasteiger partial charge in [0.15, 0.2) is 0 Å². The van der Waals surface area contributed by atoms with Gasteiger partial charge in [-0.1, -0.05) is 0 Å². The van der Waals surface area contributed by atoms with E-state index >= 15 is 0 Å². The van der Waals surface area contributed by atoms with Crippen molar-refractivity contribution in [3.63, 3.8) is 0 Å². The molecule has 2 N–H and O–H groups in total. The van der Waals surface area contributed by atoms with Crippen molar-refractivity contribution in [2.45, 2.75) is 37.4 Å². The first-order valence-corrected chi connectivity index (χ1v) is 7.14. The smallest absolute Gasteiger partial charge is 0.321 e. The number of nitrogens with two attached hydrogens (primary N) is 1. The van der Waals surface area contributed by atoms with Crippen LogP contribution in [0.15, 0.2) is 15.2 Å². The summed E-state index contributed by atoms with van der Waals surface area (Å²) < 4.78 is 38.6. The molecular weight excluding hydrogens is 315 g/mol. The van der Waals surface area contributed by atoms with Gasteiger partial charge in [0.25, 0.3) is 0 Å². The Bertz CT molecular complexity index is 394. The van der Waals surface area contributed by atoms with E-state index in [2.05, 4.69) is 15.9 Å². The molecule has 1 aliphatic carbocycles. The first-order chi connectivity index (χ1) is 7.83. The van der Waals surface area contributed by atoms with Crippen LogP contribution in [0.4, 0.5) is 13.2 Å². The maximum Gasteiger partial charge on any atom is 0.391 e. The molecule has 0 saturated heterocycles. The largest absolute Gasteiger partial charge is 0.391 e. The molecule has 1 fully saturated rings. The number of thiophene rings is 1. The summed E-state index contributed by atoms with van der Waals surface area (Å²) >= 11 is 4.92. The number of halogens is 4. The van der Waals surface area contributed by atoms with Gasteiger partial charge in [-0.05, 0) is 52.6 Å². The minimum absolute atomic E-state index is 0.127. The fourth-order valence-corrected chi connectivity index (χ4v) is 4.16. The van der Waals surface area contributed by atoms with Crippen LogP contribution in [0, 0.1) is 5.92 Å². The highest BCUT2D eigenvalue weighted by Gasteiger charge is 2.45. The molecular formula is C11H13BrF3NS. The second kappa shape index (κ2) is 4.55. The second-order valence-corrected chi connectivity index (χ2v) is 6.20. The minimum Gasteiger partial charge on any atom is -0.321 e. The van der Waals surface area contributed by atoms with Crippen molar-refractivity contribution in [2.24, 2.45) is 11.7 Å². The molecule has 0 bridgehead atoms. The third-order valence-electron chi connectivity index (χ3n) is 3.49. The summed E-state index contributed by atoms with van der Waals surface area (Å²) in [7, 11) is 0. The summed E-state index contributed by atoms with van der Waals surface area (Å²) in [5.74, 6) is -1.18. The number of alkyl halides is 3. The standard InChI is InChI=1S/C11H13BrF3NS/c12-9-6-17-5-8(9)10(16)3-1-7(2-4-10)11(13,14)15/h5-7H,1-4,16H2. The molecule has 0 unspecified atom stereocenters. The third kappa shape index (κ3) is 2.69. The molecule has 1 aliphatic rings. The fourth-order valence-electron chi connectivity index (χ4n) is 2.37. The zero-order valence-electron chi connectivity index (χ0n) is 9.06. The number of hydrogen-bond acceptors (Lipinski definition) is 2. The zero-order valence-corrected chi connectivity index (χ0v) is 11.5. The average molecular weight is 328 g/mol. The molecule has 1 saturated carbocycles. The normalized spacial score (nSPS) is 30.5. The van der Waals surface area contributed by atoms with Crippen molar-refractivity contribution >= 4 is 27.3 Å². The van der Waals surface area contributed by atoms with Crippen LogP contribution in [0.25, 0.3) is 0 Å². The minimum atomic E-state index is -4.08. The maximum absolute atomic E-state index is 12.6. The molecule has 1 nitrogen and oxygen atoms in total. The maximum atomic E-state index is 12.6. The molecule has 0 aliphatic heterocycles. The average Bonchev–Trinajstić information content (AvgIpc) is 2.64. The molecule has 0 aromatic carbocycles. The summed E-state index contributed by atoms with van der Waals surface area (Å²) in [6.07, 6.45) is -3.03. The van der Waals surface area contributed by atoms with Gasteiger partial charge in [0, 0.05) is 15.4 Å². The van der Waals surface area contributed by atoms with Crippen molar-refractivity contribution in [3.8, 4) is 0 Å². The third-order valence-corrected chi connectivity index (χ3v) is 5.19. The molecule has 1 heterocycles. The van der Waals surface area contributed by atoms with Gasteiger partial charge in [-0.15, -0.1) is 0 Å². The Morgan fingerprint density at radius 1 is 1.29 bits per heavy atom. The summed E-state index contributed by atoms with van der Waals surface area (Å²) in [6.45, 7) is 0. The van der Waals surface area contributed by atoms with Crippen molar-refractivity contribution in [1.82, 2.24) is 0 Å².